The zero-order valence-electron chi connectivity index (χ0n) is 12.1. The lowest BCUT2D eigenvalue weighted by atomic mass is 10.0. The summed E-state index contributed by atoms with van der Waals surface area (Å²) in [6.45, 7) is 5.06. The molecule has 0 fully saturated rings. The molecule has 0 radical (unpaired) electrons. The molecule has 1 aliphatic rings. The lowest BCUT2D eigenvalue weighted by molar-refractivity contribution is 0.174. The standard InChI is InChI=1S/C15H18N4O2/c1-9(2)13-14(16)18-7-19-15(13)17-6-10-3-4-11-12(5-10)21-8-20-11/h3-5,7,9H,6,8H2,1-2H3,(H3,16,17,18,19). The summed E-state index contributed by atoms with van der Waals surface area (Å²) in [5.41, 5.74) is 7.97. The highest BCUT2D eigenvalue weighted by Gasteiger charge is 2.15. The third kappa shape index (κ3) is 2.69. The smallest absolute Gasteiger partial charge is 0.231 e. The van der Waals surface area contributed by atoms with Crippen molar-refractivity contribution >= 4 is 11.6 Å². The van der Waals surface area contributed by atoms with Gasteiger partial charge in [0.05, 0.1) is 0 Å². The molecule has 1 aliphatic heterocycles. The summed E-state index contributed by atoms with van der Waals surface area (Å²) in [4.78, 5) is 8.34. The number of benzene rings is 1. The predicted octanol–water partition coefficient (Wildman–Crippen LogP) is 2.52. The molecule has 3 rings (SSSR count). The molecular formula is C15H18N4O2. The molecule has 0 bridgehead atoms. The Morgan fingerprint density at radius 3 is 2.86 bits per heavy atom. The van der Waals surface area contributed by atoms with Gasteiger partial charge in [0.1, 0.15) is 18.0 Å². The van der Waals surface area contributed by atoms with Gasteiger partial charge in [0.2, 0.25) is 6.79 Å². The molecule has 1 aromatic carbocycles. The Hall–Kier alpha value is -2.50. The van der Waals surface area contributed by atoms with Gasteiger partial charge < -0.3 is 20.5 Å². The number of hydrogen-bond acceptors (Lipinski definition) is 6. The van der Waals surface area contributed by atoms with Gasteiger partial charge in [-0.2, -0.15) is 0 Å². The minimum absolute atomic E-state index is 0.255. The molecule has 0 unspecified atom stereocenters. The topological polar surface area (TPSA) is 82.3 Å². The maximum Gasteiger partial charge on any atom is 0.231 e. The van der Waals surface area contributed by atoms with Gasteiger partial charge in [-0.25, -0.2) is 9.97 Å². The van der Waals surface area contributed by atoms with Crippen molar-refractivity contribution in [3.05, 3.63) is 35.7 Å². The number of anilines is 2. The summed E-state index contributed by atoms with van der Waals surface area (Å²) < 4.78 is 10.7. The first-order chi connectivity index (χ1) is 10.1. The number of nitrogens with two attached hydrogens (primary N) is 1. The van der Waals surface area contributed by atoms with Crippen LogP contribution in [0.2, 0.25) is 0 Å². The average Bonchev–Trinajstić information content (AvgIpc) is 2.92. The predicted molar refractivity (Wildman–Crippen MR) is 80.4 cm³/mol. The van der Waals surface area contributed by atoms with E-state index in [1.54, 1.807) is 0 Å². The van der Waals surface area contributed by atoms with Crippen molar-refractivity contribution in [3.63, 3.8) is 0 Å². The zero-order chi connectivity index (χ0) is 14.8. The van der Waals surface area contributed by atoms with Crippen LogP contribution < -0.4 is 20.5 Å². The molecule has 0 aliphatic carbocycles. The minimum Gasteiger partial charge on any atom is -0.454 e. The highest BCUT2D eigenvalue weighted by Crippen LogP contribution is 2.33. The molecule has 6 nitrogen and oxygen atoms in total. The third-order valence-corrected chi connectivity index (χ3v) is 3.39. The van der Waals surface area contributed by atoms with E-state index in [0.29, 0.717) is 12.4 Å². The highest BCUT2D eigenvalue weighted by atomic mass is 16.7. The summed E-state index contributed by atoms with van der Waals surface area (Å²) in [6, 6.07) is 5.88. The molecule has 0 amide bonds. The number of nitrogen functional groups attached to an aromatic ring is 1. The number of hydrogen-bond donors (Lipinski definition) is 2. The van der Waals surface area contributed by atoms with Crippen LogP contribution in [0, 0.1) is 0 Å². The Morgan fingerprint density at radius 2 is 2.05 bits per heavy atom. The van der Waals surface area contributed by atoms with Crippen LogP contribution in [-0.4, -0.2) is 16.8 Å². The van der Waals surface area contributed by atoms with Gasteiger partial charge in [-0.05, 0) is 23.6 Å². The van der Waals surface area contributed by atoms with Gasteiger partial charge >= 0.3 is 0 Å². The Balaban J connectivity index is 1.78. The summed E-state index contributed by atoms with van der Waals surface area (Å²) >= 11 is 0. The summed E-state index contributed by atoms with van der Waals surface area (Å²) in [7, 11) is 0. The minimum atomic E-state index is 0.255. The van der Waals surface area contributed by atoms with Crippen molar-refractivity contribution in [2.24, 2.45) is 0 Å². The van der Waals surface area contributed by atoms with Crippen LogP contribution in [0.4, 0.5) is 11.6 Å². The van der Waals surface area contributed by atoms with Crippen LogP contribution in [0.1, 0.15) is 30.9 Å². The van der Waals surface area contributed by atoms with Gasteiger partial charge in [-0.1, -0.05) is 19.9 Å². The van der Waals surface area contributed by atoms with Crippen molar-refractivity contribution in [1.82, 2.24) is 9.97 Å². The van der Waals surface area contributed by atoms with E-state index in [1.807, 2.05) is 18.2 Å². The van der Waals surface area contributed by atoms with Crippen molar-refractivity contribution in [3.8, 4) is 11.5 Å². The molecule has 1 aromatic heterocycles. The number of fused-ring (bicyclic) bond motifs is 1. The fraction of sp³-hybridized carbons (Fsp3) is 0.333. The van der Waals surface area contributed by atoms with Gasteiger partial charge in [-0.3, -0.25) is 0 Å². The van der Waals surface area contributed by atoms with E-state index in [4.69, 9.17) is 15.2 Å². The number of nitrogens with zero attached hydrogens (tertiary/aromatic N) is 2. The lowest BCUT2D eigenvalue weighted by Crippen LogP contribution is -2.09. The maximum atomic E-state index is 5.94. The van der Waals surface area contributed by atoms with E-state index in [1.165, 1.54) is 6.33 Å². The fourth-order valence-corrected chi connectivity index (χ4v) is 2.36. The maximum absolute atomic E-state index is 5.94. The quantitative estimate of drug-likeness (QED) is 0.898. The Kier molecular flexibility index (Phi) is 3.51. The molecule has 21 heavy (non-hydrogen) atoms. The first kappa shape index (κ1) is 13.5. The van der Waals surface area contributed by atoms with Crippen LogP contribution in [0.5, 0.6) is 11.5 Å². The number of aromatic nitrogens is 2. The van der Waals surface area contributed by atoms with Crippen molar-refractivity contribution in [2.75, 3.05) is 17.8 Å². The van der Waals surface area contributed by atoms with E-state index < -0.39 is 0 Å². The number of ether oxygens (including phenoxy) is 2. The molecule has 110 valence electrons. The van der Waals surface area contributed by atoms with Gasteiger partial charge in [0.15, 0.2) is 11.5 Å². The lowest BCUT2D eigenvalue weighted by Gasteiger charge is -2.15. The van der Waals surface area contributed by atoms with Gasteiger partial charge in [0, 0.05) is 12.1 Å². The first-order valence-electron chi connectivity index (χ1n) is 6.88. The van der Waals surface area contributed by atoms with Crippen molar-refractivity contribution in [2.45, 2.75) is 26.3 Å². The normalized spacial score (nSPS) is 12.7. The van der Waals surface area contributed by atoms with Gasteiger partial charge in [0.25, 0.3) is 0 Å². The molecule has 3 N–H and O–H groups in total. The summed E-state index contributed by atoms with van der Waals surface area (Å²) in [5, 5.41) is 3.32. The second-order valence-electron chi connectivity index (χ2n) is 5.22. The molecule has 2 aromatic rings. The molecule has 0 atom stereocenters. The molecule has 0 spiro atoms. The first-order valence-corrected chi connectivity index (χ1v) is 6.88. The second kappa shape index (κ2) is 5.47. The van der Waals surface area contributed by atoms with Crippen molar-refractivity contribution in [1.29, 1.82) is 0 Å². The van der Waals surface area contributed by atoms with E-state index >= 15 is 0 Å². The van der Waals surface area contributed by atoms with Crippen LogP contribution >= 0.6 is 0 Å². The number of nitrogens with one attached hydrogen (secondary N) is 1. The van der Waals surface area contributed by atoms with E-state index in [0.717, 1.165) is 28.4 Å². The van der Waals surface area contributed by atoms with E-state index in [9.17, 15) is 0 Å². The molecule has 0 saturated heterocycles. The van der Waals surface area contributed by atoms with Crippen LogP contribution in [0.3, 0.4) is 0 Å². The molecular weight excluding hydrogens is 268 g/mol. The Morgan fingerprint density at radius 1 is 1.24 bits per heavy atom. The average molecular weight is 286 g/mol. The second-order valence-corrected chi connectivity index (χ2v) is 5.22. The fourth-order valence-electron chi connectivity index (χ4n) is 2.36. The third-order valence-electron chi connectivity index (χ3n) is 3.39. The van der Waals surface area contributed by atoms with Gasteiger partial charge in [-0.15, -0.1) is 0 Å². The summed E-state index contributed by atoms with van der Waals surface area (Å²) in [5.74, 6) is 3.11. The van der Waals surface area contributed by atoms with Crippen molar-refractivity contribution < 1.29 is 9.47 Å². The van der Waals surface area contributed by atoms with Crippen LogP contribution in [0.15, 0.2) is 24.5 Å². The monoisotopic (exact) mass is 286 g/mol. The Labute approximate surface area is 123 Å². The summed E-state index contributed by atoms with van der Waals surface area (Å²) in [6.07, 6.45) is 1.48. The van der Waals surface area contributed by atoms with E-state index in [2.05, 4.69) is 29.1 Å². The van der Waals surface area contributed by atoms with Crippen LogP contribution in [-0.2, 0) is 6.54 Å². The zero-order valence-corrected chi connectivity index (χ0v) is 12.1. The van der Waals surface area contributed by atoms with E-state index in [-0.39, 0.29) is 12.7 Å². The molecule has 6 heteroatoms. The van der Waals surface area contributed by atoms with Crippen LogP contribution in [0.25, 0.3) is 0 Å². The molecule has 2 heterocycles. The number of rotatable bonds is 4. The Bertz CT molecular complexity index is 658. The highest BCUT2D eigenvalue weighted by molar-refractivity contribution is 5.57. The SMILES string of the molecule is CC(C)c1c(N)ncnc1NCc1ccc2c(c1)OCO2. The molecule has 0 saturated carbocycles. The largest absolute Gasteiger partial charge is 0.454 e.